The number of hydrogen-bond acceptors (Lipinski definition) is 3. The third-order valence-corrected chi connectivity index (χ3v) is 3.30. The molecule has 1 rings (SSSR count). The van der Waals surface area contributed by atoms with Crippen molar-refractivity contribution >= 4 is 11.3 Å². The van der Waals surface area contributed by atoms with Gasteiger partial charge in [-0.15, -0.1) is 11.3 Å². The first-order valence-electron chi connectivity index (χ1n) is 5.07. The molecule has 80 valence electrons. The first kappa shape index (κ1) is 11.7. The third kappa shape index (κ3) is 3.78. The van der Waals surface area contributed by atoms with Crippen LogP contribution in [0.1, 0.15) is 18.7 Å². The monoisotopic (exact) mass is 212 g/mol. The van der Waals surface area contributed by atoms with Crippen LogP contribution in [-0.2, 0) is 6.42 Å². The van der Waals surface area contributed by atoms with Crippen LogP contribution in [0.4, 0.5) is 0 Å². The third-order valence-electron chi connectivity index (χ3n) is 2.41. The molecule has 0 aliphatic carbocycles. The Kier molecular flexibility index (Phi) is 4.58. The van der Waals surface area contributed by atoms with Crippen LogP contribution < -0.4 is 5.73 Å². The van der Waals surface area contributed by atoms with Crippen LogP contribution >= 0.6 is 11.3 Å². The minimum Gasteiger partial charge on any atom is -0.327 e. The second-order valence-electron chi connectivity index (χ2n) is 4.05. The van der Waals surface area contributed by atoms with Crippen molar-refractivity contribution in [2.45, 2.75) is 32.4 Å². The Morgan fingerprint density at radius 2 is 2.21 bits per heavy atom. The molecule has 0 radical (unpaired) electrons. The molecule has 0 aliphatic rings. The van der Waals surface area contributed by atoms with E-state index in [1.54, 1.807) is 0 Å². The van der Waals surface area contributed by atoms with Crippen LogP contribution in [0.15, 0.2) is 17.5 Å². The van der Waals surface area contributed by atoms with Gasteiger partial charge in [0.1, 0.15) is 0 Å². The van der Waals surface area contributed by atoms with Crippen molar-refractivity contribution in [2.24, 2.45) is 5.73 Å². The van der Waals surface area contributed by atoms with Gasteiger partial charge in [0.25, 0.3) is 0 Å². The molecule has 0 amide bonds. The zero-order valence-corrected chi connectivity index (χ0v) is 10.1. The number of nitrogens with zero attached hydrogens (tertiary/aromatic N) is 1. The van der Waals surface area contributed by atoms with E-state index in [1.165, 1.54) is 4.88 Å². The molecular formula is C11H20N2S. The van der Waals surface area contributed by atoms with E-state index in [-0.39, 0.29) is 6.04 Å². The predicted molar refractivity (Wildman–Crippen MR) is 63.8 cm³/mol. The van der Waals surface area contributed by atoms with Gasteiger partial charge in [-0.25, -0.2) is 0 Å². The molecule has 0 fully saturated rings. The van der Waals surface area contributed by atoms with Gasteiger partial charge in [-0.1, -0.05) is 6.07 Å². The van der Waals surface area contributed by atoms with Crippen molar-refractivity contribution in [3.63, 3.8) is 0 Å². The summed E-state index contributed by atoms with van der Waals surface area (Å²) in [6, 6.07) is 5.13. The Bertz CT molecular complexity index is 244. The van der Waals surface area contributed by atoms with Crippen LogP contribution in [0.25, 0.3) is 0 Å². The molecule has 1 aromatic heterocycles. The quantitative estimate of drug-likeness (QED) is 0.808. The van der Waals surface area contributed by atoms with E-state index in [2.05, 4.69) is 36.4 Å². The van der Waals surface area contributed by atoms with Gasteiger partial charge in [0.15, 0.2) is 0 Å². The second-order valence-corrected chi connectivity index (χ2v) is 5.08. The van der Waals surface area contributed by atoms with E-state index in [1.807, 2.05) is 18.3 Å². The first-order valence-corrected chi connectivity index (χ1v) is 5.95. The van der Waals surface area contributed by atoms with Gasteiger partial charge in [-0.3, -0.25) is 0 Å². The van der Waals surface area contributed by atoms with E-state index in [0.717, 1.165) is 13.0 Å². The molecule has 0 saturated heterocycles. The van der Waals surface area contributed by atoms with Gasteiger partial charge in [0, 0.05) is 23.5 Å². The SMILES string of the molecule is CC(N)CN(C)C(C)Cc1cccs1. The van der Waals surface area contributed by atoms with Crippen LogP contribution in [0.3, 0.4) is 0 Å². The molecule has 0 bridgehead atoms. The molecule has 2 atom stereocenters. The highest BCUT2D eigenvalue weighted by atomic mass is 32.1. The number of hydrogen-bond donors (Lipinski definition) is 1. The van der Waals surface area contributed by atoms with Gasteiger partial charge >= 0.3 is 0 Å². The molecule has 2 N–H and O–H groups in total. The average molecular weight is 212 g/mol. The molecule has 14 heavy (non-hydrogen) atoms. The average Bonchev–Trinajstić information content (AvgIpc) is 2.55. The lowest BCUT2D eigenvalue weighted by atomic mass is 10.1. The normalized spacial score (nSPS) is 15.8. The zero-order valence-electron chi connectivity index (χ0n) is 9.23. The van der Waals surface area contributed by atoms with Crippen molar-refractivity contribution in [1.29, 1.82) is 0 Å². The molecule has 0 saturated carbocycles. The van der Waals surface area contributed by atoms with Crippen molar-refractivity contribution in [3.8, 4) is 0 Å². The summed E-state index contributed by atoms with van der Waals surface area (Å²) in [5.74, 6) is 0. The highest BCUT2D eigenvalue weighted by Gasteiger charge is 2.11. The van der Waals surface area contributed by atoms with Crippen LogP contribution in [-0.4, -0.2) is 30.6 Å². The summed E-state index contributed by atoms with van der Waals surface area (Å²) in [7, 11) is 2.14. The molecule has 0 aliphatic heterocycles. The molecular weight excluding hydrogens is 192 g/mol. The van der Waals surface area contributed by atoms with Gasteiger partial charge < -0.3 is 10.6 Å². The minimum absolute atomic E-state index is 0.255. The molecule has 3 heteroatoms. The fourth-order valence-corrected chi connectivity index (χ4v) is 2.34. The summed E-state index contributed by atoms with van der Waals surface area (Å²) in [5.41, 5.74) is 5.77. The Morgan fingerprint density at radius 1 is 1.50 bits per heavy atom. The Labute approximate surface area is 90.7 Å². The molecule has 1 aromatic rings. The Morgan fingerprint density at radius 3 is 2.71 bits per heavy atom. The number of likely N-dealkylation sites (N-methyl/N-ethyl adjacent to an activating group) is 1. The Hall–Kier alpha value is -0.380. The molecule has 0 spiro atoms. The zero-order chi connectivity index (χ0) is 10.6. The topological polar surface area (TPSA) is 29.3 Å². The standard InChI is InChI=1S/C11H20N2S/c1-9(12)8-13(3)10(2)7-11-5-4-6-14-11/h4-6,9-10H,7-8,12H2,1-3H3. The van der Waals surface area contributed by atoms with Crippen LogP contribution in [0.2, 0.25) is 0 Å². The van der Waals surface area contributed by atoms with Gasteiger partial charge in [-0.05, 0) is 38.8 Å². The lowest BCUT2D eigenvalue weighted by Crippen LogP contribution is -2.39. The van der Waals surface area contributed by atoms with Gasteiger partial charge in [-0.2, -0.15) is 0 Å². The van der Waals surface area contributed by atoms with E-state index in [0.29, 0.717) is 6.04 Å². The highest BCUT2D eigenvalue weighted by molar-refractivity contribution is 7.09. The molecule has 1 heterocycles. The van der Waals surface area contributed by atoms with Crippen molar-refractivity contribution in [1.82, 2.24) is 4.90 Å². The van der Waals surface area contributed by atoms with E-state index < -0.39 is 0 Å². The van der Waals surface area contributed by atoms with Gasteiger partial charge in [0.05, 0.1) is 0 Å². The Balaban J connectivity index is 2.37. The maximum Gasteiger partial charge on any atom is 0.0139 e. The summed E-state index contributed by atoms with van der Waals surface area (Å²) in [6.45, 7) is 5.27. The number of nitrogens with two attached hydrogens (primary N) is 1. The molecule has 0 aromatic carbocycles. The maximum absolute atomic E-state index is 5.77. The second kappa shape index (κ2) is 5.49. The molecule has 2 nitrogen and oxygen atoms in total. The molecule has 2 unspecified atom stereocenters. The fraction of sp³-hybridized carbons (Fsp3) is 0.636. The number of thiophene rings is 1. The first-order chi connectivity index (χ1) is 6.59. The van der Waals surface area contributed by atoms with Crippen LogP contribution in [0.5, 0.6) is 0 Å². The van der Waals surface area contributed by atoms with Crippen LogP contribution in [0, 0.1) is 0 Å². The summed E-state index contributed by atoms with van der Waals surface area (Å²) >= 11 is 1.83. The number of rotatable bonds is 5. The minimum atomic E-state index is 0.255. The summed E-state index contributed by atoms with van der Waals surface area (Å²) < 4.78 is 0. The predicted octanol–water partition coefficient (Wildman–Crippen LogP) is 1.96. The summed E-state index contributed by atoms with van der Waals surface area (Å²) in [6.07, 6.45) is 1.13. The summed E-state index contributed by atoms with van der Waals surface area (Å²) in [4.78, 5) is 3.78. The lowest BCUT2D eigenvalue weighted by molar-refractivity contribution is 0.246. The van der Waals surface area contributed by atoms with Crippen molar-refractivity contribution < 1.29 is 0 Å². The summed E-state index contributed by atoms with van der Waals surface area (Å²) in [5, 5.41) is 2.13. The van der Waals surface area contributed by atoms with E-state index in [4.69, 9.17) is 5.73 Å². The maximum atomic E-state index is 5.77. The van der Waals surface area contributed by atoms with E-state index >= 15 is 0 Å². The van der Waals surface area contributed by atoms with Crippen molar-refractivity contribution in [3.05, 3.63) is 22.4 Å². The highest BCUT2D eigenvalue weighted by Crippen LogP contribution is 2.13. The van der Waals surface area contributed by atoms with Gasteiger partial charge in [0.2, 0.25) is 0 Å². The smallest absolute Gasteiger partial charge is 0.0139 e. The van der Waals surface area contributed by atoms with Crippen molar-refractivity contribution in [2.75, 3.05) is 13.6 Å². The largest absolute Gasteiger partial charge is 0.327 e. The fourth-order valence-electron chi connectivity index (χ4n) is 1.51. The lowest BCUT2D eigenvalue weighted by Gasteiger charge is -2.25. The van der Waals surface area contributed by atoms with E-state index in [9.17, 15) is 0 Å².